The molecule has 2 amide bonds. The zero-order chi connectivity index (χ0) is 21.8. The van der Waals surface area contributed by atoms with Crippen LogP contribution in [-0.4, -0.2) is 76.8 Å². The van der Waals surface area contributed by atoms with E-state index in [0.29, 0.717) is 38.4 Å². The second-order valence-corrected chi connectivity index (χ2v) is 8.41. The van der Waals surface area contributed by atoms with Crippen molar-refractivity contribution in [3.8, 4) is 0 Å². The average molecular weight is 423 g/mol. The molecular weight excluding hydrogens is 392 g/mol. The molecule has 0 spiro atoms. The van der Waals surface area contributed by atoms with Crippen LogP contribution in [-0.2, 0) is 22.7 Å². The summed E-state index contributed by atoms with van der Waals surface area (Å²) >= 11 is 0. The molecule has 0 radical (unpaired) electrons. The van der Waals surface area contributed by atoms with Crippen molar-refractivity contribution in [2.45, 2.75) is 31.8 Å². The van der Waals surface area contributed by atoms with Crippen LogP contribution >= 0.6 is 0 Å². The van der Waals surface area contributed by atoms with Gasteiger partial charge in [-0.15, -0.1) is 0 Å². The van der Waals surface area contributed by atoms with Crippen molar-refractivity contribution in [1.29, 1.82) is 0 Å². The van der Waals surface area contributed by atoms with Crippen LogP contribution in [0.15, 0.2) is 36.4 Å². The van der Waals surface area contributed by atoms with Crippen molar-refractivity contribution in [2.75, 3.05) is 45.6 Å². The molecular formula is C23H30N6O2. The highest BCUT2D eigenvalue weighted by atomic mass is 16.2. The second kappa shape index (κ2) is 9.43. The normalized spacial score (nSPS) is 18.4. The number of nitrogens with one attached hydrogen (secondary N) is 1. The molecule has 4 rings (SSSR count). The number of likely N-dealkylation sites (tertiary alicyclic amines) is 2. The van der Waals surface area contributed by atoms with Crippen LogP contribution in [0.5, 0.6) is 0 Å². The monoisotopic (exact) mass is 422 g/mol. The Morgan fingerprint density at radius 3 is 2.68 bits per heavy atom. The summed E-state index contributed by atoms with van der Waals surface area (Å²) in [6.45, 7) is 3.83. The summed E-state index contributed by atoms with van der Waals surface area (Å²) in [4.78, 5) is 39.9. The number of likely N-dealkylation sites (N-methyl/N-ethyl adjacent to an activating group) is 1. The third kappa shape index (κ3) is 5.19. The van der Waals surface area contributed by atoms with Gasteiger partial charge < -0.3 is 15.1 Å². The molecule has 2 aliphatic heterocycles. The summed E-state index contributed by atoms with van der Waals surface area (Å²) in [6, 6.07) is 12.0. The van der Waals surface area contributed by atoms with Crippen LogP contribution in [0.3, 0.4) is 0 Å². The lowest BCUT2D eigenvalue weighted by Crippen LogP contribution is -2.46. The molecule has 0 saturated carbocycles. The average Bonchev–Trinajstić information content (AvgIpc) is 3.07. The van der Waals surface area contributed by atoms with Gasteiger partial charge in [-0.05, 0) is 19.0 Å². The van der Waals surface area contributed by atoms with E-state index in [0.717, 1.165) is 36.6 Å². The summed E-state index contributed by atoms with van der Waals surface area (Å²) in [7, 11) is 3.74. The smallest absolute Gasteiger partial charge is 0.236 e. The van der Waals surface area contributed by atoms with E-state index < -0.39 is 0 Å². The first-order valence-electron chi connectivity index (χ1n) is 10.9. The lowest BCUT2D eigenvalue weighted by molar-refractivity contribution is -0.135. The van der Waals surface area contributed by atoms with Gasteiger partial charge in [0, 0.05) is 51.6 Å². The summed E-state index contributed by atoms with van der Waals surface area (Å²) in [5, 5.41) is 3.10. The molecule has 31 heavy (non-hydrogen) atoms. The molecule has 1 aromatic heterocycles. The molecule has 3 heterocycles. The Bertz CT molecular complexity index is 931. The first-order chi connectivity index (χ1) is 15.0. The van der Waals surface area contributed by atoms with E-state index in [1.807, 2.05) is 65.2 Å². The molecule has 1 N–H and O–H groups in total. The SMILES string of the molecule is CNc1cc([C@@H]2CC(=O)N(Cc3ccccc3)C2)nc(CN(C)CC(=O)N2CCC2)n1. The lowest BCUT2D eigenvalue weighted by Gasteiger charge is -2.32. The maximum Gasteiger partial charge on any atom is 0.236 e. The molecule has 2 saturated heterocycles. The van der Waals surface area contributed by atoms with E-state index in [4.69, 9.17) is 4.98 Å². The Kier molecular flexibility index (Phi) is 6.46. The topological polar surface area (TPSA) is 81.7 Å². The van der Waals surface area contributed by atoms with Crippen molar-refractivity contribution < 1.29 is 9.59 Å². The predicted molar refractivity (Wildman–Crippen MR) is 118 cm³/mol. The second-order valence-electron chi connectivity index (χ2n) is 8.41. The van der Waals surface area contributed by atoms with E-state index in [1.54, 1.807) is 0 Å². The lowest BCUT2D eigenvalue weighted by atomic mass is 10.0. The third-order valence-corrected chi connectivity index (χ3v) is 5.92. The minimum absolute atomic E-state index is 0.0399. The van der Waals surface area contributed by atoms with Crippen LogP contribution in [0.4, 0.5) is 5.82 Å². The number of benzene rings is 1. The molecule has 1 aromatic carbocycles. The quantitative estimate of drug-likeness (QED) is 0.697. The molecule has 2 fully saturated rings. The molecule has 164 valence electrons. The predicted octanol–water partition coefficient (Wildman–Crippen LogP) is 1.70. The highest BCUT2D eigenvalue weighted by Crippen LogP contribution is 2.29. The van der Waals surface area contributed by atoms with Gasteiger partial charge in [-0.1, -0.05) is 30.3 Å². The number of rotatable bonds is 8. The van der Waals surface area contributed by atoms with Gasteiger partial charge in [0.05, 0.1) is 18.8 Å². The Labute approximate surface area is 183 Å². The van der Waals surface area contributed by atoms with Crippen LogP contribution in [0, 0.1) is 0 Å². The van der Waals surface area contributed by atoms with Crippen molar-refractivity contribution >= 4 is 17.6 Å². The Balaban J connectivity index is 1.43. The van der Waals surface area contributed by atoms with Gasteiger partial charge in [-0.25, -0.2) is 9.97 Å². The molecule has 2 aromatic rings. The van der Waals surface area contributed by atoms with E-state index >= 15 is 0 Å². The summed E-state index contributed by atoms with van der Waals surface area (Å²) in [6.07, 6.45) is 1.54. The van der Waals surface area contributed by atoms with Crippen molar-refractivity contribution in [3.63, 3.8) is 0 Å². The van der Waals surface area contributed by atoms with E-state index in [9.17, 15) is 9.59 Å². The van der Waals surface area contributed by atoms with Crippen LogP contribution in [0.25, 0.3) is 0 Å². The van der Waals surface area contributed by atoms with Crippen LogP contribution in [0.2, 0.25) is 0 Å². The van der Waals surface area contributed by atoms with Gasteiger partial charge >= 0.3 is 0 Å². The zero-order valence-electron chi connectivity index (χ0n) is 18.3. The minimum atomic E-state index is 0.0399. The van der Waals surface area contributed by atoms with Gasteiger partial charge in [0.2, 0.25) is 11.8 Å². The highest BCUT2D eigenvalue weighted by molar-refractivity contribution is 5.80. The fraction of sp³-hybridized carbons (Fsp3) is 0.478. The van der Waals surface area contributed by atoms with Gasteiger partial charge in [0.1, 0.15) is 11.6 Å². The molecule has 0 aliphatic carbocycles. The molecule has 8 nitrogen and oxygen atoms in total. The van der Waals surface area contributed by atoms with Crippen molar-refractivity contribution in [1.82, 2.24) is 24.7 Å². The van der Waals surface area contributed by atoms with Gasteiger partial charge in [0.15, 0.2) is 0 Å². The van der Waals surface area contributed by atoms with E-state index in [1.165, 1.54) is 0 Å². The fourth-order valence-corrected chi connectivity index (χ4v) is 4.05. The number of anilines is 1. The molecule has 2 aliphatic rings. The van der Waals surface area contributed by atoms with Crippen molar-refractivity contribution in [2.24, 2.45) is 0 Å². The van der Waals surface area contributed by atoms with E-state index in [2.05, 4.69) is 10.3 Å². The Hall–Kier alpha value is -3.00. The molecule has 8 heteroatoms. The van der Waals surface area contributed by atoms with Gasteiger partial charge in [-0.2, -0.15) is 0 Å². The first kappa shape index (κ1) is 21.2. The highest BCUT2D eigenvalue weighted by Gasteiger charge is 2.32. The summed E-state index contributed by atoms with van der Waals surface area (Å²) in [5.41, 5.74) is 2.00. The number of aromatic nitrogens is 2. The number of carbonyl (C=O) groups excluding carboxylic acids is 2. The number of hydrogen-bond donors (Lipinski definition) is 1. The van der Waals surface area contributed by atoms with Gasteiger partial charge in [0.25, 0.3) is 0 Å². The molecule has 1 atom stereocenters. The Morgan fingerprint density at radius 1 is 1.23 bits per heavy atom. The fourth-order valence-electron chi connectivity index (χ4n) is 4.05. The molecule has 0 unspecified atom stereocenters. The van der Waals surface area contributed by atoms with E-state index in [-0.39, 0.29) is 17.7 Å². The van der Waals surface area contributed by atoms with Crippen molar-refractivity contribution in [3.05, 3.63) is 53.5 Å². The zero-order valence-corrected chi connectivity index (χ0v) is 18.3. The molecule has 0 bridgehead atoms. The number of amides is 2. The number of carbonyl (C=O) groups is 2. The van der Waals surface area contributed by atoms with Gasteiger partial charge in [-0.3, -0.25) is 14.5 Å². The van der Waals surface area contributed by atoms with Crippen LogP contribution < -0.4 is 5.32 Å². The number of nitrogens with zero attached hydrogens (tertiary/aromatic N) is 5. The van der Waals surface area contributed by atoms with Crippen LogP contribution in [0.1, 0.15) is 35.8 Å². The summed E-state index contributed by atoms with van der Waals surface area (Å²) < 4.78 is 0. The standard InChI is InChI=1S/C23H30N6O2/c1-24-20-12-19(18-11-22(30)29(14-18)13-17-7-4-3-5-8-17)25-21(26-20)15-27(2)16-23(31)28-9-6-10-28/h3-5,7-8,12,18H,6,9-11,13-16H2,1-2H3,(H,24,25,26)/t18-/m1/s1. The number of hydrogen-bond acceptors (Lipinski definition) is 6. The largest absolute Gasteiger partial charge is 0.373 e. The summed E-state index contributed by atoms with van der Waals surface area (Å²) in [5.74, 6) is 1.73. The maximum absolute atomic E-state index is 12.6. The Morgan fingerprint density at radius 2 is 2.00 bits per heavy atom. The minimum Gasteiger partial charge on any atom is -0.373 e. The third-order valence-electron chi connectivity index (χ3n) is 5.92. The first-order valence-corrected chi connectivity index (χ1v) is 10.9. The maximum atomic E-state index is 12.6.